The number of urea groups is 1. The third-order valence-corrected chi connectivity index (χ3v) is 6.11. The van der Waals surface area contributed by atoms with Gasteiger partial charge in [-0.2, -0.15) is 0 Å². The highest BCUT2D eigenvalue weighted by Crippen LogP contribution is 2.19. The molecular weight excluding hydrogens is 504 g/mol. The molecule has 5 N–H and O–H groups in total. The van der Waals surface area contributed by atoms with Crippen LogP contribution < -0.4 is 26.7 Å². The molecule has 11 nitrogen and oxygen atoms in total. The number of hydrazine groups is 1. The normalized spacial score (nSPS) is 19.6. The Morgan fingerprint density at radius 2 is 1.94 bits per heavy atom. The number of amides is 4. The molecule has 0 bridgehead atoms. The van der Waals surface area contributed by atoms with Crippen LogP contribution in [0.15, 0.2) is 39.9 Å². The van der Waals surface area contributed by atoms with Crippen LogP contribution in [0.25, 0.3) is 0 Å². The van der Waals surface area contributed by atoms with Crippen LogP contribution in [0.1, 0.15) is 25.7 Å². The average molecular weight is 533 g/mol. The highest BCUT2D eigenvalue weighted by atomic mass is 79.9. The van der Waals surface area contributed by atoms with E-state index in [-0.39, 0.29) is 24.3 Å². The maximum absolute atomic E-state index is 12.4. The van der Waals surface area contributed by atoms with E-state index in [1.807, 2.05) is 34.2 Å². The van der Waals surface area contributed by atoms with E-state index in [2.05, 4.69) is 47.6 Å². The summed E-state index contributed by atoms with van der Waals surface area (Å²) in [4.78, 5) is 41.5. The van der Waals surface area contributed by atoms with Crippen molar-refractivity contribution in [1.82, 2.24) is 26.0 Å². The molecule has 4 amide bonds. The first-order chi connectivity index (χ1) is 16.5. The van der Waals surface area contributed by atoms with Gasteiger partial charge in [0.25, 0.3) is 0 Å². The number of aliphatic imine (C=N–C) groups is 1. The van der Waals surface area contributed by atoms with Gasteiger partial charge >= 0.3 is 6.03 Å². The lowest BCUT2D eigenvalue weighted by molar-refractivity contribution is -0.137. The highest BCUT2D eigenvalue weighted by Gasteiger charge is 2.31. The molecule has 12 heteroatoms. The summed E-state index contributed by atoms with van der Waals surface area (Å²) >= 11 is 3.49. The molecule has 1 atom stereocenters. The largest absolute Gasteiger partial charge is 0.354 e. The molecule has 0 unspecified atom stereocenters. The molecule has 0 radical (unpaired) electrons. The second-order valence-electron chi connectivity index (χ2n) is 8.32. The number of likely N-dealkylation sites (tertiary alicyclic amines) is 1. The van der Waals surface area contributed by atoms with E-state index in [4.69, 9.17) is 0 Å². The Hall–Kier alpha value is -3.12. The van der Waals surface area contributed by atoms with Gasteiger partial charge < -0.3 is 26.2 Å². The summed E-state index contributed by atoms with van der Waals surface area (Å²) in [6.07, 6.45) is 4.80. The summed E-state index contributed by atoms with van der Waals surface area (Å²) in [5.74, 6) is 0.376. The Bertz CT molecular complexity index is 984. The van der Waals surface area contributed by atoms with Gasteiger partial charge in [0.2, 0.25) is 17.8 Å². The lowest BCUT2D eigenvalue weighted by Gasteiger charge is -2.29. The van der Waals surface area contributed by atoms with Crippen LogP contribution in [0.2, 0.25) is 0 Å². The number of β-lactam (4-membered cyclic amide) rings is 1. The lowest BCUT2D eigenvalue weighted by Crippen LogP contribution is -2.57. The topological polar surface area (TPSA) is 130 Å². The molecule has 34 heavy (non-hydrogen) atoms. The second kappa shape index (κ2) is 11.3. The molecule has 1 aromatic carbocycles. The van der Waals surface area contributed by atoms with Crippen LogP contribution in [0.5, 0.6) is 0 Å². The molecule has 3 aliphatic heterocycles. The summed E-state index contributed by atoms with van der Waals surface area (Å²) in [7, 11) is 0. The average Bonchev–Trinajstić information content (AvgIpc) is 3.34. The quantitative estimate of drug-likeness (QED) is 0.255. The number of rotatable bonds is 8. The van der Waals surface area contributed by atoms with Gasteiger partial charge in [0, 0.05) is 48.2 Å². The van der Waals surface area contributed by atoms with Gasteiger partial charge in [-0.15, -0.1) is 0 Å². The minimum absolute atomic E-state index is 0.0772. The van der Waals surface area contributed by atoms with Crippen LogP contribution in [0.3, 0.4) is 0 Å². The van der Waals surface area contributed by atoms with Gasteiger partial charge in [-0.1, -0.05) is 22.0 Å². The van der Waals surface area contributed by atoms with Gasteiger partial charge in [-0.25, -0.2) is 15.2 Å². The van der Waals surface area contributed by atoms with Crippen molar-refractivity contribution in [3.63, 3.8) is 0 Å². The Kier molecular flexibility index (Phi) is 8.01. The molecule has 4 rings (SSSR count). The molecule has 3 heterocycles. The number of halogens is 1. The van der Waals surface area contributed by atoms with Crippen LogP contribution >= 0.6 is 15.9 Å². The molecule has 2 fully saturated rings. The molecule has 3 aliphatic rings. The molecule has 1 aromatic rings. The van der Waals surface area contributed by atoms with Crippen molar-refractivity contribution in [2.24, 2.45) is 4.99 Å². The van der Waals surface area contributed by atoms with Gasteiger partial charge in [0.15, 0.2) is 0 Å². The predicted octanol–water partition coefficient (Wildman–Crippen LogP) is 1.53. The molecule has 0 aliphatic carbocycles. The highest BCUT2D eigenvalue weighted by molar-refractivity contribution is 9.11. The minimum atomic E-state index is -0.400. The maximum atomic E-state index is 12.4. The Morgan fingerprint density at radius 1 is 1.18 bits per heavy atom. The number of nitrogens with one attached hydrogen (secondary N) is 5. The first kappa shape index (κ1) is 24.0. The number of hydrogen-bond acceptors (Lipinski definition) is 7. The van der Waals surface area contributed by atoms with Crippen LogP contribution in [-0.2, 0) is 9.59 Å². The second-order valence-corrected chi connectivity index (χ2v) is 9.34. The molecule has 182 valence electrons. The van der Waals surface area contributed by atoms with Crippen molar-refractivity contribution in [3.8, 4) is 0 Å². The lowest BCUT2D eigenvalue weighted by atomic mass is 10.1. The third kappa shape index (κ3) is 6.48. The molecule has 0 saturated carbocycles. The van der Waals surface area contributed by atoms with Crippen LogP contribution in [0, 0.1) is 0 Å². The number of anilines is 2. The number of hydrogen-bond donors (Lipinski definition) is 5. The van der Waals surface area contributed by atoms with Gasteiger partial charge in [-0.05, 0) is 37.5 Å². The Labute approximate surface area is 206 Å². The minimum Gasteiger partial charge on any atom is -0.354 e. The fraction of sp³-hybridized carbons (Fsp3) is 0.455. The fourth-order valence-electron chi connectivity index (χ4n) is 3.78. The van der Waals surface area contributed by atoms with Crippen molar-refractivity contribution in [1.29, 1.82) is 0 Å². The summed E-state index contributed by atoms with van der Waals surface area (Å²) in [5.41, 5.74) is 4.83. The van der Waals surface area contributed by atoms with E-state index in [1.54, 1.807) is 6.20 Å². The van der Waals surface area contributed by atoms with E-state index in [0.717, 1.165) is 36.1 Å². The predicted molar refractivity (Wildman–Crippen MR) is 133 cm³/mol. The smallest absolute Gasteiger partial charge is 0.321 e. The zero-order chi connectivity index (χ0) is 23.9. The fourth-order valence-corrected chi connectivity index (χ4v) is 4.13. The van der Waals surface area contributed by atoms with Crippen molar-refractivity contribution < 1.29 is 14.4 Å². The number of carbonyl (C=O) groups excluding carboxylic acids is 3. The zero-order valence-corrected chi connectivity index (χ0v) is 20.4. The molecular formula is C22H29BrN8O3. The first-order valence-electron chi connectivity index (χ1n) is 11.4. The number of carbonyl (C=O) groups is 3. The molecule has 0 spiro atoms. The van der Waals surface area contributed by atoms with Gasteiger partial charge in [-0.3, -0.25) is 14.6 Å². The Balaban J connectivity index is 1.25. The molecule has 0 aromatic heterocycles. The van der Waals surface area contributed by atoms with E-state index in [0.29, 0.717) is 37.7 Å². The summed E-state index contributed by atoms with van der Waals surface area (Å²) < 4.78 is 0.922. The van der Waals surface area contributed by atoms with E-state index < -0.39 is 6.04 Å². The van der Waals surface area contributed by atoms with Crippen LogP contribution in [0.4, 0.5) is 16.2 Å². The summed E-state index contributed by atoms with van der Waals surface area (Å²) in [6.45, 7) is 3.29. The third-order valence-electron chi connectivity index (χ3n) is 5.65. The SMILES string of the molecule is O=C1C[C@@H](C(=O)NCCCNN2CC(Br)=CN=C2Nc2cccc(NC(=O)N3CCCC3)c2)N1. The van der Waals surface area contributed by atoms with E-state index >= 15 is 0 Å². The van der Waals surface area contributed by atoms with Crippen LogP contribution in [-0.4, -0.2) is 72.5 Å². The molecule has 2 saturated heterocycles. The Morgan fingerprint density at radius 3 is 2.71 bits per heavy atom. The standard InChI is InChI=1S/C22H29BrN8O3/c23-15-13-25-21(31(14-15)26-8-4-7-24-20(33)18-12-19(32)29-18)27-16-5-3-6-17(11-16)28-22(34)30-9-1-2-10-30/h3,5-6,11,13,18,26H,1-2,4,7-10,12,14H2,(H,24,33)(H,25,27)(H,28,34)(H,29,32)/t18-/m0/s1. The van der Waals surface area contributed by atoms with E-state index in [1.165, 1.54) is 0 Å². The first-order valence-corrected chi connectivity index (χ1v) is 12.2. The number of guanidine groups is 1. The van der Waals surface area contributed by atoms with Crippen molar-refractivity contribution in [3.05, 3.63) is 34.9 Å². The number of benzene rings is 1. The number of nitrogens with zero attached hydrogens (tertiary/aromatic N) is 3. The zero-order valence-electron chi connectivity index (χ0n) is 18.8. The van der Waals surface area contributed by atoms with Gasteiger partial charge in [0.1, 0.15) is 6.04 Å². The maximum Gasteiger partial charge on any atom is 0.321 e. The van der Waals surface area contributed by atoms with E-state index in [9.17, 15) is 14.4 Å². The van der Waals surface area contributed by atoms with Crippen molar-refractivity contribution >= 4 is 51.1 Å². The van der Waals surface area contributed by atoms with Crippen molar-refractivity contribution in [2.45, 2.75) is 31.7 Å². The summed E-state index contributed by atoms with van der Waals surface area (Å²) in [6, 6.07) is 7.04. The van der Waals surface area contributed by atoms with Gasteiger partial charge in [0.05, 0.1) is 13.0 Å². The monoisotopic (exact) mass is 532 g/mol. The van der Waals surface area contributed by atoms with Crippen molar-refractivity contribution in [2.75, 3.05) is 43.4 Å². The summed E-state index contributed by atoms with van der Waals surface area (Å²) in [5, 5.41) is 13.5.